The fourth-order valence-corrected chi connectivity index (χ4v) is 3.63. The second-order valence-corrected chi connectivity index (χ2v) is 7.82. The molecule has 0 atom stereocenters. The second-order valence-electron chi connectivity index (χ2n) is 7.82. The van der Waals surface area contributed by atoms with Gasteiger partial charge >= 0.3 is 0 Å². The average molecular weight is 414 g/mol. The Balaban J connectivity index is 1.26. The maximum atomic E-state index is 13.7. The van der Waals surface area contributed by atoms with E-state index in [2.05, 4.69) is 5.32 Å². The predicted octanol–water partition coefficient (Wildman–Crippen LogP) is 3.67. The molecule has 0 aromatic heterocycles. The van der Waals surface area contributed by atoms with Gasteiger partial charge in [0.15, 0.2) is 0 Å². The minimum atomic E-state index is -0.691. The quantitative estimate of drug-likeness (QED) is 0.785. The normalized spacial score (nSPS) is 16.9. The van der Waals surface area contributed by atoms with E-state index in [9.17, 15) is 18.4 Å². The molecule has 30 heavy (non-hydrogen) atoms. The molecule has 1 heterocycles. The Morgan fingerprint density at radius 2 is 1.60 bits per heavy atom. The van der Waals surface area contributed by atoms with Crippen LogP contribution in [0.25, 0.3) is 0 Å². The van der Waals surface area contributed by atoms with Crippen molar-refractivity contribution in [3.05, 3.63) is 65.2 Å². The van der Waals surface area contributed by atoms with Crippen molar-refractivity contribution in [2.24, 2.45) is 5.92 Å². The number of amides is 2. The van der Waals surface area contributed by atoms with E-state index in [1.807, 2.05) is 4.90 Å². The number of halogens is 2. The number of piperidine rings is 1. The van der Waals surface area contributed by atoms with Crippen LogP contribution < -0.4 is 10.1 Å². The highest BCUT2D eigenvalue weighted by Gasteiger charge is 2.35. The van der Waals surface area contributed by atoms with E-state index in [1.165, 1.54) is 6.07 Å². The zero-order chi connectivity index (χ0) is 21.1. The van der Waals surface area contributed by atoms with Crippen LogP contribution in [0.5, 0.6) is 5.75 Å². The van der Waals surface area contributed by atoms with E-state index in [1.54, 1.807) is 24.3 Å². The lowest BCUT2D eigenvalue weighted by Crippen LogP contribution is -2.42. The summed E-state index contributed by atoms with van der Waals surface area (Å²) < 4.78 is 33.3. The second kappa shape index (κ2) is 8.81. The summed E-state index contributed by atoms with van der Waals surface area (Å²) in [5.41, 5.74) is 0.209. The molecule has 0 spiro atoms. The van der Waals surface area contributed by atoms with E-state index in [4.69, 9.17) is 4.74 Å². The summed E-state index contributed by atoms with van der Waals surface area (Å²) in [7, 11) is 0. The molecule has 0 radical (unpaired) electrons. The number of hydrogen-bond acceptors (Lipinski definition) is 3. The van der Waals surface area contributed by atoms with Crippen LogP contribution >= 0.6 is 0 Å². The van der Waals surface area contributed by atoms with Crippen molar-refractivity contribution < 1.29 is 23.1 Å². The highest BCUT2D eigenvalue weighted by atomic mass is 19.1. The van der Waals surface area contributed by atoms with Crippen LogP contribution in [-0.2, 0) is 11.3 Å². The first-order valence-corrected chi connectivity index (χ1v) is 10.3. The summed E-state index contributed by atoms with van der Waals surface area (Å²) >= 11 is 0. The van der Waals surface area contributed by atoms with Gasteiger partial charge in [0.1, 0.15) is 23.5 Å². The van der Waals surface area contributed by atoms with Crippen LogP contribution in [0.15, 0.2) is 42.5 Å². The van der Waals surface area contributed by atoms with E-state index in [0.717, 1.165) is 37.8 Å². The van der Waals surface area contributed by atoms with Crippen molar-refractivity contribution in [2.45, 2.75) is 38.3 Å². The fourth-order valence-electron chi connectivity index (χ4n) is 3.63. The highest BCUT2D eigenvalue weighted by molar-refractivity contribution is 5.94. The van der Waals surface area contributed by atoms with E-state index in [0.29, 0.717) is 24.4 Å². The third-order valence-electron chi connectivity index (χ3n) is 5.59. The predicted molar refractivity (Wildman–Crippen MR) is 107 cm³/mol. The van der Waals surface area contributed by atoms with Crippen LogP contribution in [0, 0.1) is 17.6 Å². The zero-order valence-electron chi connectivity index (χ0n) is 16.6. The third-order valence-corrected chi connectivity index (χ3v) is 5.59. The lowest BCUT2D eigenvalue weighted by atomic mass is 10.1. The van der Waals surface area contributed by atoms with Gasteiger partial charge in [0.25, 0.3) is 5.91 Å². The third kappa shape index (κ3) is 4.78. The van der Waals surface area contributed by atoms with Crippen LogP contribution in [0.3, 0.4) is 0 Å². The number of ether oxygens (including phenoxy) is 1. The standard InChI is InChI=1S/C23H24F2N2O3/c24-20-2-1-3-21(25)19(20)14-26-22(28)15-6-8-17(9-7-15)30-18-10-12-27(13-11-18)23(29)16-4-5-16/h1-3,6-9,16,18H,4-5,10-14H2,(H,26,28). The van der Waals surface area contributed by atoms with Crippen molar-refractivity contribution in [3.8, 4) is 5.75 Å². The summed E-state index contributed by atoms with van der Waals surface area (Å²) in [6, 6.07) is 10.2. The first kappa shape index (κ1) is 20.3. The molecule has 1 saturated carbocycles. The zero-order valence-corrected chi connectivity index (χ0v) is 16.6. The van der Waals surface area contributed by atoms with E-state index >= 15 is 0 Å². The van der Waals surface area contributed by atoms with Gasteiger partial charge in [0.2, 0.25) is 5.91 Å². The Hall–Kier alpha value is -2.96. The van der Waals surface area contributed by atoms with Crippen molar-refractivity contribution >= 4 is 11.8 Å². The van der Waals surface area contributed by atoms with Crippen molar-refractivity contribution in [3.63, 3.8) is 0 Å². The molecule has 2 aromatic carbocycles. The molecule has 1 saturated heterocycles. The van der Waals surface area contributed by atoms with Crippen LogP contribution in [0.2, 0.25) is 0 Å². The molecule has 2 fully saturated rings. The summed E-state index contributed by atoms with van der Waals surface area (Å²) in [5.74, 6) is -0.627. The van der Waals surface area contributed by atoms with Gasteiger partial charge in [-0.25, -0.2) is 8.78 Å². The van der Waals surface area contributed by atoms with Gasteiger partial charge in [-0.3, -0.25) is 9.59 Å². The lowest BCUT2D eigenvalue weighted by molar-refractivity contribution is -0.134. The first-order valence-electron chi connectivity index (χ1n) is 10.3. The Morgan fingerprint density at radius 3 is 2.20 bits per heavy atom. The van der Waals surface area contributed by atoms with Gasteiger partial charge in [-0.2, -0.15) is 0 Å². The summed E-state index contributed by atoms with van der Waals surface area (Å²) in [5, 5.41) is 2.53. The summed E-state index contributed by atoms with van der Waals surface area (Å²) in [6.45, 7) is 1.20. The Morgan fingerprint density at radius 1 is 0.967 bits per heavy atom. The van der Waals surface area contributed by atoms with Crippen molar-refractivity contribution in [2.75, 3.05) is 13.1 Å². The van der Waals surface area contributed by atoms with Crippen molar-refractivity contribution in [1.29, 1.82) is 0 Å². The number of rotatable bonds is 6. The van der Waals surface area contributed by atoms with E-state index < -0.39 is 17.5 Å². The number of likely N-dealkylation sites (tertiary alicyclic amines) is 1. The molecule has 0 bridgehead atoms. The molecule has 4 rings (SSSR count). The topological polar surface area (TPSA) is 58.6 Å². The Labute approximate surface area is 174 Å². The van der Waals surface area contributed by atoms with Gasteiger partial charge in [-0.05, 0) is 49.2 Å². The minimum Gasteiger partial charge on any atom is -0.490 e. The Bertz CT molecular complexity index is 900. The number of nitrogens with one attached hydrogen (secondary N) is 1. The minimum absolute atomic E-state index is 0.0389. The van der Waals surface area contributed by atoms with Crippen LogP contribution in [0.1, 0.15) is 41.6 Å². The van der Waals surface area contributed by atoms with Crippen molar-refractivity contribution in [1.82, 2.24) is 10.2 Å². The smallest absolute Gasteiger partial charge is 0.251 e. The number of benzene rings is 2. The van der Waals surface area contributed by atoms with Gasteiger partial charge in [-0.1, -0.05) is 6.07 Å². The molecule has 2 aromatic rings. The largest absolute Gasteiger partial charge is 0.490 e. The number of hydrogen-bond donors (Lipinski definition) is 1. The average Bonchev–Trinajstić information content (AvgIpc) is 3.59. The maximum Gasteiger partial charge on any atom is 0.251 e. The summed E-state index contributed by atoms with van der Waals surface area (Å²) in [4.78, 5) is 26.3. The first-order chi connectivity index (χ1) is 14.5. The molecule has 5 nitrogen and oxygen atoms in total. The molecule has 1 aliphatic heterocycles. The van der Waals surface area contributed by atoms with E-state index in [-0.39, 0.29) is 30.0 Å². The molecular formula is C23H24F2N2O3. The maximum absolute atomic E-state index is 13.7. The van der Waals surface area contributed by atoms with Gasteiger partial charge in [0.05, 0.1) is 0 Å². The molecule has 0 unspecified atom stereocenters. The molecule has 158 valence electrons. The number of carbonyl (C=O) groups excluding carboxylic acids is 2. The highest BCUT2D eigenvalue weighted by Crippen LogP contribution is 2.32. The lowest BCUT2D eigenvalue weighted by Gasteiger charge is -2.32. The fraction of sp³-hybridized carbons (Fsp3) is 0.391. The van der Waals surface area contributed by atoms with Crippen LogP contribution in [-0.4, -0.2) is 35.9 Å². The van der Waals surface area contributed by atoms with Gasteiger partial charge in [-0.15, -0.1) is 0 Å². The number of carbonyl (C=O) groups is 2. The molecule has 1 N–H and O–H groups in total. The molecule has 2 aliphatic rings. The monoisotopic (exact) mass is 414 g/mol. The molecular weight excluding hydrogens is 390 g/mol. The number of nitrogens with zero attached hydrogens (tertiary/aromatic N) is 1. The Kier molecular flexibility index (Phi) is 5.97. The van der Waals surface area contributed by atoms with Gasteiger partial charge in [0, 0.05) is 49.5 Å². The molecule has 1 aliphatic carbocycles. The van der Waals surface area contributed by atoms with Crippen LogP contribution in [0.4, 0.5) is 8.78 Å². The molecule has 7 heteroatoms. The summed E-state index contributed by atoms with van der Waals surface area (Å²) in [6.07, 6.45) is 3.65. The molecule has 2 amide bonds. The van der Waals surface area contributed by atoms with Gasteiger partial charge < -0.3 is 15.0 Å². The SMILES string of the molecule is O=C(NCc1c(F)cccc1F)c1ccc(OC2CCN(C(=O)C3CC3)CC2)cc1.